The van der Waals surface area contributed by atoms with Crippen molar-refractivity contribution >= 4 is 11.9 Å². The molecule has 0 aromatic carbocycles. The summed E-state index contributed by atoms with van der Waals surface area (Å²) in [5.74, 6) is -0.653. The van der Waals surface area contributed by atoms with Crippen LogP contribution in [-0.2, 0) is 23.8 Å². The first-order valence-corrected chi connectivity index (χ1v) is 5.11. The molecule has 0 saturated carbocycles. The van der Waals surface area contributed by atoms with Crippen LogP contribution in [0.5, 0.6) is 0 Å². The molecule has 0 aromatic rings. The van der Waals surface area contributed by atoms with Crippen LogP contribution in [0.2, 0.25) is 0 Å². The Morgan fingerprint density at radius 3 is 2.62 bits per heavy atom. The van der Waals surface area contributed by atoms with Crippen molar-refractivity contribution in [3.63, 3.8) is 0 Å². The number of esters is 2. The summed E-state index contributed by atoms with van der Waals surface area (Å²) in [6, 6.07) is -0.712. The van der Waals surface area contributed by atoms with Crippen molar-refractivity contribution in [1.29, 1.82) is 0 Å². The van der Waals surface area contributed by atoms with E-state index in [2.05, 4.69) is 4.74 Å². The summed E-state index contributed by atoms with van der Waals surface area (Å²) in [7, 11) is 2.87. The number of hydrogen-bond acceptors (Lipinski definition) is 6. The highest BCUT2D eigenvalue weighted by atomic mass is 16.6. The molecule has 0 radical (unpaired) electrons. The lowest BCUT2D eigenvalue weighted by atomic mass is 10.3. The molecule has 92 valence electrons. The van der Waals surface area contributed by atoms with Gasteiger partial charge in [0.05, 0.1) is 13.7 Å². The molecule has 1 aliphatic heterocycles. The van der Waals surface area contributed by atoms with Crippen LogP contribution < -0.4 is 0 Å². The Morgan fingerprint density at radius 1 is 1.38 bits per heavy atom. The predicted molar refractivity (Wildman–Crippen MR) is 54.8 cm³/mol. The maximum Gasteiger partial charge on any atom is 0.324 e. The fraction of sp³-hybridized carbons (Fsp3) is 0.800. The summed E-state index contributed by atoms with van der Waals surface area (Å²) in [6.45, 7) is 2.87. The van der Waals surface area contributed by atoms with Crippen LogP contribution in [0.4, 0.5) is 0 Å². The fourth-order valence-corrected chi connectivity index (χ4v) is 1.42. The molecule has 0 amide bonds. The lowest BCUT2D eigenvalue weighted by Gasteiger charge is -2.10. The Hall–Kier alpha value is -1.14. The molecule has 6 nitrogen and oxygen atoms in total. The van der Waals surface area contributed by atoms with Crippen LogP contribution in [0.15, 0.2) is 0 Å². The summed E-state index contributed by atoms with van der Waals surface area (Å²) >= 11 is 0. The quantitative estimate of drug-likeness (QED) is 0.346. The SMILES string of the molecule is COCCOC(=O)[C@H]1CN1[C@@H](C)C(=O)OC. The minimum atomic E-state index is -0.398. The maximum atomic E-state index is 11.4. The van der Waals surface area contributed by atoms with Crippen LogP contribution >= 0.6 is 0 Å². The van der Waals surface area contributed by atoms with Crippen molar-refractivity contribution in [2.24, 2.45) is 0 Å². The van der Waals surface area contributed by atoms with E-state index in [9.17, 15) is 9.59 Å². The number of hydrogen-bond donors (Lipinski definition) is 0. The lowest BCUT2D eigenvalue weighted by Crippen LogP contribution is -2.30. The molecule has 0 bridgehead atoms. The van der Waals surface area contributed by atoms with Crippen LogP contribution in [0, 0.1) is 0 Å². The predicted octanol–water partition coefficient (Wildman–Crippen LogP) is -0.578. The van der Waals surface area contributed by atoms with E-state index < -0.39 is 6.04 Å². The third-order valence-corrected chi connectivity index (χ3v) is 2.49. The van der Waals surface area contributed by atoms with E-state index in [-0.39, 0.29) is 24.6 Å². The molecule has 0 aromatic heterocycles. The Morgan fingerprint density at radius 2 is 2.06 bits per heavy atom. The van der Waals surface area contributed by atoms with E-state index in [0.29, 0.717) is 13.2 Å². The molecule has 16 heavy (non-hydrogen) atoms. The van der Waals surface area contributed by atoms with E-state index in [1.165, 1.54) is 14.2 Å². The van der Waals surface area contributed by atoms with Gasteiger partial charge in [-0.2, -0.15) is 0 Å². The number of methoxy groups -OCH3 is 2. The zero-order valence-corrected chi connectivity index (χ0v) is 9.76. The molecule has 1 unspecified atom stereocenters. The number of rotatable bonds is 6. The average molecular weight is 231 g/mol. The molecule has 1 fully saturated rings. The molecule has 0 N–H and O–H groups in total. The van der Waals surface area contributed by atoms with Crippen molar-refractivity contribution in [2.75, 3.05) is 34.0 Å². The summed E-state index contributed by atoms with van der Waals surface area (Å²) in [5, 5.41) is 0. The Balaban J connectivity index is 2.27. The molecular formula is C10H17NO5. The van der Waals surface area contributed by atoms with Crippen LogP contribution in [0.25, 0.3) is 0 Å². The van der Waals surface area contributed by atoms with Gasteiger partial charge in [0.2, 0.25) is 0 Å². The van der Waals surface area contributed by atoms with Gasteiger partial charge in [-0.3, -0.25) is 14.5 Å². The summed E-state index contributed by atoms with van der Waals surface area (Å²) in [4.78, 5) is 24.3. The van der Waals surface area contributed by atoms with Crippen molar-refractivity contribution < 1.29 is 23.8 Å². The van der Waals surface area contributed by atoms with Crippen LogP contribution in [0.3, 0.4) is 0 Å². The van der Waals surface area contributed by atoms with Gasteiger partial charge in [-0.25, -0.2) is 0 Å². The van der Waals surface area contributed by atoms with E-state index in [0.717, 1.165) is 0 Å². The van der Waals surface area contributed by atoms with E-state index >= 15 is 0 Å². The largest absolute Gasteiger partial charge is 0.468 e. The molecule has 0 spiro atoms. The van der Waals surface area contributed by atoms with Crippen molar-refractivity contribution in [3.05, 3.63) is 0 Å². The van der Waals surface area contributed by atoms with Gasteiger partial charge in [0.25, 0.3) is 0 Å². The zero-order valence-electron chi connectivity index (χ0n) is 9.76. The van der Waals surface area contributed by atoms with Crippen molar-refractivity contribution in [2.45, 2.75) is 19.0 Å². The third-order valence-electron chi connectivity index (χ3n) is 2.49. The highest BCUT2D eigenvalue weighted by molar-refractivity contribution is 5.82. The topological polar surface area (TPSA) is 64.8 Å². The normalized spacial score (nSPS) is 24.7. The second kappa shape index (κ2) is 5.81. The Kier molecular flexibility index (Phi) is 4.70. The number of carbonyl (C=O) groups excluding carboxylic acids is 2. The minimum absolute atomic E-state index is 0.242. The monoisotopic (exact) mass is 231 g/mol. The second-order valence-electron chi connectivity index (χ2n) is 3.57. The number of nitrogens with zero attached hydrogens (tertiary/aromatic N) is 1. The molecular weight excluding hydrogens is 214 g/mol. The molecule has 1 heterocycles. The van der Waals surface area contributed by atoms with Gasteiger partial charge in [0.1, 0.15) is 18.7 Å². The summed E-state index contributed by atoms with van der Waals surface area (Å²) < 4.78 is 14.3. The van der Waals surface area contributed by atoms with Gasteiger partial charge in [-0.05, 0) is 6.92 Å². The Bertz CT molecular complexity index is 268. The van der Waals surface area contributed by atoms with Gasteiger partial charge in [0.15, 0.2) is 0 Å². The first-order chi connectivity index (χ1) is 7.61. The fourth-order valence-electron chi connectivity index (χ4n) is 1.42. The molecule has 1 saturated heterocycles. The lowest BCUT2D eigenvalue weighted by molar-refractivity contribution is -0.147. The standard InChI is InChI=1S/C10H17NO5/c1-7(9(12)15-3)11-6-8(11)10(13)16-5-4-14-2/h7-8H,4-6H2,1-3H3/t7-,8+,11?/m0/s1. The smallest absolute Gasteiger partial charge is 0.324 e. The van der Waals surface area contributed by atoms with Gasteiger partial charge < -0.3 is 14.2 Å². The molecule has 6 heteroatoms. The number of ether oxygens (including phenoxy) is 3. The first-order valence-electron chi connectivity index (χ1n) is 5.11. The number of carbonyl (C=O) groups is 2. The maximum absolute atomic E-state index is 11.4. The third kappa shape index (κ3) is 3.18. The second-order valence-corrected chi connectivity index (χ2v) is 3.57. The molecule has 1 aliphatic rings. The van der Waals surface area contributed by atoms with Crippen molar-refractivity contribution in [3.8, 4) is 0 Å². The highest BCUT2D eigenvalue weighted by Gasteiger charge is 2.47. The van der Waals surface area contributed by atoms with Gasteiger partial charge in [0, 0.05) is 13.7 Å². The summed E-state index contributed by atoms with van der Waals surface area (Å²) in [6.07, 6.45) is 0. The van der Waals surface area contributed by atoms with Gasteiger partial charge >= 0.3 is 11.9 Å². The molecule has 3 atom stereocenters. The highest BCUT2D eigenvalue weighted by Crippen LogP contribution is 2.23. The van der Waals surface area contributed by atoms with E-state index in [4.69, 9.17) is 9.47 Å². The Labute approximate surface area is 94.4 Å². The van der Waals surface area contributed by atoms with Crippen LogP contribution in [-0.4, -0.2) is 62.9 Å². The molecule has 0 aliphatic carbocycles. The van der Waals surface area contributed by atoms with E-state index in [1.54, 1.807) is 11.8 Å². The van der Waals surface area contributed by atoms with Crippen LogP contribution in [0.1, 0.15) is 6.92 Å². The molecule has 1 rings (SSSR count). The zero-order chi connectivity index (χ0) is 12.1. The van der Waals surface area contributed by atoms with Gasteiger partial charge in [-0.1, -0.05) is 0 Å². The average Bonchev–Trinajstić information content (AvgIpc) is 3.07. The van der Waals surface area contributed by atoms with E-state index in [1.807, 2.05) is 0 Å². The van der Waals surface area contributed by atoms with Crippen molar-refractivity contribution in [1.82, 2.24) is 4.90 Å². The first kappa shape index (κ1) is 12.9. The van der Waals surface area contributed by atoms with Gasteiger partial charge in [-0.15, -0.1) is 0 Å². The summed E-state index contributed by atoms with van der Waals surface area (Å²) in [5.41, 5.74) is 0. The minimum Gasteiger partial charge on any atom is -0.468 e.